The molecule has 0 amide bonds. The van der Waals surface area contributed by atoms with E-state index in [1.165, 1.54) is 0 Å². The molecule has 0 bridgehead atoms. The van der Waals surface area contributed by atoms with E-state index in [9.17, 15) is 9.36 Å². The molecule has 0 saturated carbocycles. The minimum atomic E-state index is -2.69. The van der Waals surface area contributed by atoms with Crippen LogP contribution >= 0.6 is 19.0 Å². The Morgan fingerprint density at radius 2 is 2.44 bits per heavy atom. The maximum atomic E-state index is 11.0. The summed E-state index contributed by atoms with van der Waals surface area (Å²) in [4.78, 5) is 10.4. The zero-order valence-electron chi connectivity index (χ0n) is 4.67. The minimum Gasteiger partial charge on any atom is -0.411 e. The van der Waals surface area contributed by atoms with Gasteiger partial charge in [-0.2, -0.15) is 0 Å². The lowest BCUT2D eigenvalue weighted by Gasteiger charge is -2.02. The summed E-state index contributed by atoms with van der Waals surface area (Å²) in [5.41, 5.74) is -0.0429. The second-order valence-corrected chi connectivity index (χ2v) is 5.09. The third kappa shape index (κ3) is 1.46. The van der Waals surface area contributed by atoms with Crippen LogP contribution in [-0.4, -0.2) is 17.8 Å². The smallest absolute Gasteiger partial charge is 0.311 e. The average Bonchev–Trinajstić information content (AvgIpc) is 2.13. The van der Waals surface area contributed by atoms with Gasteiger partial charge in [-0.25, -0.2) is 0 Å². The molecule has 52 valence electrons. The fraction of sp³-hybridized carbons (Fsp3) is 0.750. The maximum Gasteiger partial charge on any atom is 0.311 e. The average molecular weight is 169 g/mol. The van der Waals surface area contributed by atoms with Gasteiger partial charge in [0.2, 0.25) is 0 Å². The van der Waals surface area contributed by atoms with E-state index >= 15 is 0 Å². The van der Waals surface area contributed by atoms with Crippen LogP contribution in [0.25, 0.3) is 0 Å². The van der Waals surface area contributed by atoms with Crippen molar-refractivity contribution in [2.24, 2.45) is 0 Å². The molecule has 0 radical (unpaired) electrons. The Labute approximate surface area is 57.8 Å². The van der Waals surface area contributed by atoms with Gasteiger partial charge in [-0.3, -0.25) is 9.36 Å². The largest absolute Gasteiger partial charge is 0.411 e. The molecular weight excluding hydrogens is 162 g/mol. The van der Waals surface area contributed by atoms with E-state index in [-0.39, 0.29) is 18.0 Å². The molecule has 1 rings (SSSR count). The van der Waals surface area contributed by atoms with Gasteiger partial charge < -0.3 is 4.52 Å². The standard InChI is InChI=1S/C4H6ClO3P/c5-3-9(7)2-1-4(6)8-9/h1-3H2. The van der Waals surface area contributed by atoms with Crippen LogP contribution in [0.5, 0.6) is 0 Å². The van der Waals surface area contributed by atoms with Crippen molar-refractivity contribution >= 4 is 24.9 Å². The predicted molar refractivity (Wildman–Crippen MR) is 33.9 cm³/mol. The molecule has 0 aromatic rings. The SMILES string of the molecule is O=C1CCP(=O)(CCl)O1. The molecule has 9 heavy (non-hydrogen) atoms. The van der Waals surface area contributed by atoms with Crippen LogP contribution in [0, 0.1) is 0 Å². The monoisotopic (exact) mass is 168 g/mol. The van der Waals surface area contributed by atoms with Crippen molar-refractivity contribution in [1.82, 2.24) is 0 Å². The summed E-state index contributed by atoms with van der Waals surface area (Å²) >= 11 is 5.27. The van der Waals surface area contributed by atoms with E-state index in [1.807, 2.05) is 0 Å². The molecule has 1 saturated heterocycles. The molecule has 1 aliphatic rings. The molecule has 0 aromatic heterocycles. The number of hydrogen-bond donors (Lipinski definition) is 0. The van der Waals surface area contributed by atoms with E-state index in [0.717, 1.165) is 0 Å². The molecule has 1 atom stereocenters. The summed E-state index contributed by atoms with van der Waals surface area (Å²) in [7, 11) is -2.69. The number of rotatable bonds is 1. The van der Waals surface area contributed by atoms with E-state index in [1.54, 1.807) is 0 Å². The van der Waals surface area contributed by atoms with Gasteiger partial charge in [0.25, 0.3) is 7.37 Å². The lowest BCUT2D eigenvalue weighted by atomic mass is 10.5. The Morgan fingerprint density at radius 3 is 2.67 bits per heavy atom. The molecule has 5 heteroatoms. The molecule has 1 unspecified atom stereocenters. The zero-order chi connectivity index (χ0) is 6.91. The highest BCUT2D eigenvalue weighted by atomic mass is 35.5. The van der Waals surface area contributed by atoms with Gasteiger partial charge >= 0.3 is 5.97 Å². The van der Waals surface area contributed by atoms with Crippen molar-refractivity contribution in [2.45, 2.75) is 6.42 Å². The first kappa shape index (κ1) is 7.10. The first-order valence-electron chi connectivity index (χ1n) is 2.53. The van der Waals surface area contributed by atoms with Crippen LogP contribution in [0.2, 0.25) is 0 Å². The summed E-state index contributed by atoms with van der Waals surface area (Å²) in [6, 6.07) is 0. The lowest BCUT2D eigenvalue weighted by molar-refractivity contribution is -0.132. The number of carbonyl (C=O) groups is 1. The quantitative estimate of drug-likeness (QED) is 0.439. The second kappa shape index (κ2) is 2.31. The van der Waals surface area contributed by atoms with Gasteiger partial charge in [-0.15, -0.1) is 11.6 Å². The number of carbonyl (C=O) groups excluding carboxylic acids is 1. The van der Waals surface area contributed by atoms with Gasteiger partial charge in [0.05, 0.1) is 6.42 Å². The fourth-order valence-electron chi connectivity index (χ4n) is 0.623. The number of halogens is 1. The molecular formula is C4H6ClO3P. The second-order valence-electron chi connectivity index (χ2n) is 1.87. The predicted octanol–water partition coefficient (Wildman–Crippen LogP) is 1.41. The first-order chi connectivity index (χ1) is 4.16. The molecule has 0 N–H and O–H groups in total. The van der Waals surface area contributed by atoms with Crippen LogP contribution in [0.4, 0.5) is 0 Å². The third-order valence-corrected chi connectivity index (χ3v) is 4.01. The van der Waals surface area contributed by atoms with Gasteiger partial charge in [0, 0.05) is 6.16 Å². The van der Waals surface area contributed by atoms with Gasteiger partial charge in [-0.1, -0.05) is 0 Å². The molecule has 1 aliphatic heterocycles. The molecule has 0 aromatic carbocycles. The van der Waals surface area contributed by atoms with Crippen LogP contribution in [0.1, 0.15) is 6.42 Å². The van der Waals surface area contributed by atoms with E-state index < -0.39 is 7.37 Å². The Hall–Kier alpha value is -0.0100. The van der Waals surface area contributed by atoms with E-state index in [2.05, 4.69) is 4.52 Å². The summed E-state index contributed by atoms with van der Waals surface area (Å²) < 4.78 is 15.5. The maximum absolute atomic E-state index is 11.0. The highest BCUT2D eigenvalue weighted by Crippen LogP contribution is 2.52. The van der Waals surface area contributed by atoms with Crippen LogP contribution in [-0.2, 0) is 13.9 Å². The first-order valence-corrected chi connectivity index (χ1v) is 5.06. The van der Waals surface area contributed by atoms with Crippen LogP contribution in [0.15, 0.2) is 0 Å². The van der Waals surface area contributed by atoms with E-state index in [4.69, 9.17) is 11.6 Å². The minimum absolute atomic E-state index is 0.0429. The molecule has 1 fully saturated rings. The van der Waals surface area contributed by atoms with Crippen molar-refractivity contribution in [1.29, 1.82) is 0 Å². The van der Waals surface area contributed by atoms with E-state index in [0.29, 0.717) is 6.16 Å². The van der Waals surface area contributed by atoms with Crippen molar-refractivity contribution in [2.75, 3.05) is 11.8 Å². The van der Waals surface area contributed by atoms with Gasteiger partial charge in [0.1, 0.15) is 5.62 Å². The highest BCUT2D eigenvalue weighted by Gasteiger charge is 2.33. The Kier molecular flexibility index (Phi) is 1.83. The van der Waals surface area contributed by atoms with Crippen LogP contribution in [0.3, 0.4) is 0 Å². The summed E-state index contributed by atoms with van der Waals surface area (Å²) in [6.45, 7) is 0. The normalized spacial score (nSPS) is 34.6. The summed E-state index contributed by atoms with van der Waals surface area (Å²) in [6.07, 6.45) is 0.569. The zero-order valence-corrected chi connectivity index (χ0v) is 6.32. The van der Waals surface area contributed by atoms with Gasteiger partial charge in [-0.05, 0) is 0 Å². The molecule has 3 nitrogen and oxygen atoms in total. The Morgan fingerprint density at radius 1 is 1.78 bits per heavy atom. The summed E-state index contributed by atoms with van der Waals surface area (Å²) in [5, 5.41) is 0. The topological polar surface area (TPSA) is 43.4 Å². The number of hydrogen-bond acceptors (Lipinski definition) is 3. The van der Waals surface area contributed by atoms with Crippen molar-refractivity contribution in [3.05, 3.63) is 0 Å². The molecule has 0 aliphatic carbocycles. The number of alkyl halides is 1. The lowest BCUT2D eigenvalue weighted by Crippen LogP contribution is -1.88. The van der Waals surface area contributed by atoms with Gasteiger partial charge in [0.15, 0.2) is 0 Å². The highest BCUT2D eigenvalue weighted by molar-refractivity contribution is 7.61. The molecule has 1 heterocycles. The van der Waals surface area contributed by atoms with Crippen molar-refractivity contribution < 1.29 is 13.9 Å². The molecule has 0 spiro atoms. The Bertz CT molecular complexity index is 179. The van der Waals surface area contributed by atoms with Crippen molar-refractivity contribution in [3.63, 3.8) is 0 Å². The van der Waals surface area contributed by atoms with Crippen molar-refractivity contribution in [3.8, 4) is 0 Å². The summed E-state index contributed by atoms with van der Waals surface area (Å²) in [5.74, 6) is -0.390. The Balaban J connectivity index is 2.66. The van der Waals surface area contributed by atoms with Crippen LogP contribution < -0.4 is 0 Å². The third-order valence-electron chi connectivity index (χ3n) is 1.11. The fourth-order valence-corrected chi connectivity index (χ4v) is 2.37.